The van der Waals surface area contributed by atoms with Gasteiger partial charge in [0, 0.05) is 36.7 Å². The van der Waals surface area contributed by atoms with Gasteiger partial charge in [-0.1, -0.05) is 24.3 Å². The van der Waals surface area contributed by atoms with Gasteiger partial charge >= 0.3 is 0 Å². The third-order valence-corrected chi connectivity index (χ3v) is 5.82. The Morgan fingerprint density at radius 1 is 0.964 bits per heavy atom. The third-order valence-electron chi connectivity index (χ3n) is 5.82. The van der Waals surface area contributed by atoms with Gasteiger partial charge < -0.3 is 4.90 Å². The Morgan fingerprint density at radius 3 is 2.54 bits per heavy atom. The van der Waals surface area contributed by atoms with E-state index in [4.69, 9.17) is 0 Å². The topological polar surface area (TPSA) is 68.1 Å². The minimum absolute atomic E-state index is 0.0395. The molecule has 1 aliphatic carbocycles. The molecule has 1 saturated heterocycles. The maximum absolute atomic E-state index is 13.1. The van der Waals surface area contributed by atoms with Gasteiger partial charge in [0.05, 0.1) is 11.7 Å². The van der Waals surface area contributed by atoms with Gasteiger partial charge in [0.15, 0.2) is 0 Å². The molecule has 1 aliphatic heterocycles. The van der Waals surface area contributed by atoms with Gasteiger partial charge in [0.25, 0.3) is 11.5 Å². The summed E-state index contributed by atoms with van der Waals surface area (Å²) >= 11 is 0. The van der Waals surface area contributed by atoms with E-state index in [1.807, 2.05) is 41.3 Å². The number of nitrogens with zero attached hydrogens (tertiary/aromatic N) is 4. The second-order valence-corrected chi connectivity index (χ2v) is 7.72. The minimum atomic E-state index is -0.0510. The van der Waals surface area contributed by atoms with Crippen molar-refractivity contribution in [2.24, 2.45) is 0 Å². The lowest BCUT2D eigenvalue weighted by molar-refractivity contribution is 0.0684. The summed E-state index contributed by atoms with van der Waals surface area (Å²) < 4.78 is 1.64. The summed E-state index contributed by atoms with van der Waals surface area (Å²) in [4.78, 5) is 31.6. The lowest BCUT2D eigenvalue weighted by Gasteiger charge is -2.32. The fourth-order valence-electron chi connectivity index (χ4n) is 4.05. The predicted molar refractivity (Wildman–Crippen MR) is 106 cm³/mol. The fourth-order valence-corrected chi connectivity index (χ4v) is 4.05. The number of hydrogen-bond acceptors (Lipinski definition) is 4. The second-order valence-electron chi connectivity index (χ2n) is 7.72. The Balaban J connectivity index is 1.34. The van der Waals surface area contributed by atoms with E-state index in [1.54, 1.807) is 16.9 Å². The molecule has 1 saturated carbocycles. The van der Waals surface area contributed by atoms with Crippen LogP contribution in [0.25, 0.3) is 10.8 Å². The lowest BCUT2D eigenvalue weighted by Crippen LogP contribution is -2.41. The molecule has 0 bridgehead atoms. The molecule has 2 fully saturated rings. The average Bonchev–Trinajstić information content (AvgIpc) is 3.59. The zero-order valence-electron chi connectivity index (χ0n) is 15.6. The Bertz CT molecular complexity index is 1090. The number of benzene rings is 1. The van der Waals surface area contributed by atoms with Crippen LogP contribution in [0.3, 0.4) is 0 Å². The summed E-state index contributed by atoms with van der Waals surface area (Å²) in [5.74, 6) is 0.480. The van der Waals surface area contributed by atoms with Crippen molar-refractivity contribution in [3.63, 3.8) is 0 Å². The van der Waals surface area contributed by atoms with Gasteiger partial charge in [0.1, 0.15) is 5.69 Å². The molecule has 2 aromatic heterocycles. The van der Waals surface area contributed by atoms with Gasteiger partial charge in [-0.3, -0.25) is 14.6 Å². The van der Waals surface area contributed by atoms with Crippen LogP contribution in [0.4, 0.5) is 0 Å². The predicted octanol–water partition coefficient (Wildman–Crippen LogP) is 3.15. The largest absolute Gasteiger partial charge is 0.337 e. The van der Waals surface area contributed by atoms with E-state index in [0.29, 0.717) is 24.7 Å². The quantitative estimate of drug-likeness (QED) is 0.706. The highest BCUT2D eigenvalue weighted by Crippen LogP contribution is 2.38. The third kappa shape index (κ3) is 3.09. The zero-order valence-corrected chi connectivity index (χ0v) is 15.6. The zero-order chi connectivity index (χ0) is 19.1. The maximum Gasteiger partial charge on any atom is 0.273 e. The number of fused-ring (bicyclic) bond motifs is 1. The van der Waals surface area contributed by atoms with E-state index in [2.05, 4.69) is 10.1 Å². The molecule has 3 heterocycles. The Hall–Kier alpha value is -3.02. The Morgan fingerprint density at radius 2 is 1.75 bits per heavy atom. The van der Waals surface area contributed by atoms with Crippen molar-refractivity contribution in [3.8, 4) is 0 Å². The monoisotopic (exact) mass is 374 g/mol. The normalized spacial score (nSPS) is 17.8. The first-order valence-electron chi connectivity index (χ1n) is 9.93. The first-order valence-corrected chi connectivity index (χ1v) is 9.93. The number of carbonyl (C=O) groups is 1. The number of aromatic nitrogens is 3. The number of rotatable bonds is 3. The highest BCUT2D eigenvalue weighted by atomic mass is 16.2. The molecule has 6 nitrogen and oxygen atoms in total. The van der Waals surface area contributed by atoms with Crippen LogP contribution in [0.15, 0.2) is 53.5 Å². The van der Waals surface area contributed by atoms with E-state index < -0.39 is 0 Å². The van der Waals surface area contributed by atoms with Crippen LogP contribution in [-0.2, 0) is 0 Å². The van der Waals surface area contributed by atoms with Crippen LogP contribution < -0.4 is 5.56 Å². The first-order chi connectivity index (χ1) is 13.7. The molecule has 3 aromatic rings. The molecular formula is C22H22N4O2. The molecule has 28 heavy (non-hydrogen) atoms. The van der Waals surface area contributed by atoms with Crippen molar-refractivity contribution in [3.05, 3.63) is 70.4 Å². The van der Waals surface area contributed by atoms with Crippen molar-refractivity contribution in [2.75, 3.05) is 13.1 Å². The van der Waals surface area contributed by atoms with Crippen LogP contribution in [0.2, 0.25) is 0 Å². The fraction of sp³-hybridized carbons (Fsp3) is 0.364. The van der Waals surface area contributed by atoms with Crippen molar-refractivity contribution in [2.45, 2.75) is 37.6 Å². The summed E-state index contributed by atoms with van der Waals surface area (Å²) in [5, 5.41) is 6.51. The summed E-state index contributed by atoms with van der Waals surface area (Å²) in [6, 6.07) is 13.3. The number of hydrogen-bond donors (Lipinski definition) is 0. The number of likely N-dealkylation sites (tertiary alicyclic amines) is 1. The van der Waals surface area contributed by atoms with Crippen LogP contribution in [-0.4, -0.2) is 38.7 Å². The molecule has 2 aliphatic rings. The number of amides is 1. The Kier molecular flexibility index (Phi) is 4.19. The lowest BCUT2D eigenvalue weighted by atomic mass is 10.0. The van der Waals surface area contributed by atoms with Crippen LogP contribution in [0, 0.1) is 0 Å². The Labute approximate surface area is 162 Å². The van der Waals surface area contributed by atoms with Crippen LogP contribution in [0.5, 0.6) is 0 Å². The highest BCUT2D eigenvalue weighted by molar-refractivity contribution is 6.05. The van der Waals surface area contributed by atoms with Gasteiger partial charge in [-0.15, -0.1) is 0 Å². The molecule has 0 spiro atoms. The molecule has 0 N–H and O–H groups in total. The van der Waals surface area contributed by atoms with E-state index in [1.165, 1.54) is 0 Å². The number of pyridine rings is 1. The van der Waals surface area contributed by atoms with Crippen LogP contribution in [0.1, 0.15) is 53.8 Å². The molecule has 0 unspecified atom stereocenters. The molecule has 6 heteroatoms. The number of piperidine rings is 1. The van der Waals surface area contributed by atoms with Crippen LogP contribution >= 0.6 is 0 Å². The smallest absolute Gasteiger partial charge is 0.273 e. The second kappa shape index (κ2) is 6.86. The van der Waals surface area contributed by atoms with E-state index in [-0.39, 0.29) is 17.5 Å². The number of carbonyl (C=O) groups excluding carboxylic acids is 1. The SMILES string of the molecule is O=C(c1nccc2ccccc12)N1CCC(n2nc(C3CC3)ccc2=O)CC1. The van der Waals surface area contributed by atoms with E-state index in [0.717, 1.165) is 42.1 Å². The van der Waals surface area contributed by atoms with Gasteiger partial charge in [-0.05, 0) is 43.2 Å². The summed E-state index contributed by atoms with van der Waals surface area (Å²) in [5.41, 5.74) is 1.48. The van der Waals surface area contributed by atoms with Crippen molar-refractivity contribution in [1.29, 1.82) is 0 Å². The summed E-state index contributed by atoms with van der Waals surface area (Å²) in [6.07, 6.45) is 5.48. The molecule has 0 atom stereocenters. The van der Waals surface area contributed by atoms with E-state index >= 15 is 0 Å². The van der Waals surface area contributed by atoms with Gasteiger partial charge in [0.2, 0.25) is 0 Å². The summed E-state index contributed by atoms with van der Waals surface area (Å²) in [7, 11) is 0. The molecule has 5 rings (SSSR count). The highest BCUT2D eigenvalue weighted by Gasteiger charge is 2.29. The standard InChI is InChI=1S/C22H22N4O2/c27-20-8-7-19(16-5-6-16)24-26(20)17-10-13-25(14-11-17)22(28)21-18-4-2-1-3-15(18)9-12-23-21/h1-4,7-9,12,16-17H,5-6,10-11,13-14H2. The average molecular weight is 374 g/mol. The van der Waals surface area contributed by atoms with Crippen molar-refractivity contribution in [1.82, 2.24) is 19.7 Å². The van der Waals surface area contributed by atoms with Gasteiger partial charge in [-0.25, -0.2) is 4.68 Å². The molecule has 1 amide bonds. The van der Waals surface area contributed by atoms with Gasteiger partial charge in [-0.2, -0.15) is 5.10 Å². The van der Waals surface area contributed by atoms with E-state index in [9.17, 15) is 9.59 Å². The first kappa shape index (κ1) is 17.1. The maximum atomic E-state index is 13.1. The van der Waals surface area contributed by atoms with Crippen molar-refractivity contribution >= 4 is 16.7 Å². The minimum Gasteiger partial charge on any atom is -0.337 e. The summed E-state index contributed by atoms with van der Waals surface area (Å²) in [6.45, 7) is 1.21. The van der Waals surface area contributed by atoms with Crippen molar-refractivity contribution < 1.29 is 4.79 Å². The molecule has 142 valence electrons. The molecular weight excluding hydrogens is 352 g/mol. The molecule has 1 aromatic carbocycles. The molecule has 0 radical (unpaired) electrons.